The number of nitrogens with one attached hydrogen (secondary N) is 2. The number of hydrogen-bond donors (Lipinski definition) is 2. The van der Waals surface area contributed by atoms with Crippen molar-refractivity contribution >= 4 is 22.4 Å². The molecule has 2 atom stereocenters. The standard InChI is InChI=1S/C20H25N3O/c1-20(2,3)19(24)22-13-9-15-14-6-5-7-16-18(14)12(10-21-16)8-17(15)23(4)11-13/h5-7,9-10,13,17,21H,8,11H2,1-4H3,(H,22,24)/t13-,17+/m0/s1. The number of carbonyl (C=O) groups excluding carboxylic acids is 1. The van der Waals surface area contributed by atoms with Gasteiger partial charge in [-0.3, -0.25) is 9.69 Å². The van der Waals surface area contributed by atoms with Crippen LogP contribution in [0.15, 0.2) is 30.5 Å². The summed E-state index contributed by atoms with van der Waals surface area (Å²) in [5.74, 6) is 0.104. The van der Waals surface area contributed by atoms with Crippen LogP contribution in [0.5, 0.6) is 0 Å². The normalized spacial score (nSPS) is 23.8. The highest BCUT2D eigenvalue weighted by molar-refractivity contribution is 5.98. The third kappa shape index (κ3) is 2.37. The number of rotatable bonds is 1. The van der Waals surface area contributed by atoms with Crippen molar-refractivity contribution in [1.82, 2.24) is 15.2 Å². The molecule has 1 amide bonds. The van der Waals surface area contributed by atoms with Gasteiger partial charge in [0.1, 0.15) is 0 Å². The summed E-state index contributed by atoms with van der Waals surface area (Å²) >= 11 is 0. The summed E-state index contributed by atoms with van der Waals surface area (Å²) in [5, 5.41) is 4.55. The fourth-order valence-electron chi connectivity index (χ4n) is 3.93. The van der Waals surface area contributed by atoms with Crippen molar-refractivity contribution in [2.45, 2.75) is 39.3 Å². The number of aromatic nitrogens is 1. The minimum absolute atomic E-state index is 0.0590. The van der Waals surface area contributed by atoms with Crippen LogP contribution < -0.4 is 5.32 Å². The third-order valence-corrected chi connectivity index (χ3v) is 5.27. The van der Waals surface area contributed by atoms with Crippen molar-refractivity contribution in [1.29, 1.82) is 0 Å². The number of H-pyrrole nitrogens is 1. The Morgan fingerprint density at radius 1 is 1.33 bits per heavy atom. The van der Waals surface area contributed by atoms with Crippen LogP contribution in [-0.2, 0) is 11.2 Å². The molecule has 4 heteroatoms. The molecule has 0 radical (unpaired) electrons. The zero-order valence-corrected chi connectivity index (χ0v) is 14.8. The van der Waals surface area contributed by atoms with Gasteiger partial charge in [-0.05, 0) is 36.2 Å². The lowest BCUT2D eigenvalue weighted by Gasteiger charge is -2.40. The summed E-state index contributed by atoms with van der Waals surface area (Å²) in [6.45, 7) is 6.72. The van der Waals surface area contributed by atoms with Crippen LogP contribution in [-0.4, -0.2) is 41.5 Å². The zero-order valence-electron chi connectivity index (χ0n) is 14.8. The van der Waals surface area contributed by atoms with Crippen molar-refractivity contribution in [2.24, 2.45) is 5.41 Å². The quantitative estimate of drug-likeness (QED) is 0.848. The van der Waals surface area contributed by atoms with Gasteiger partial charge in [-0.2, -0.15) is 0 Å². The monoisotopic (exact) mass is 323 g/mol. The lowest BCUT2D eigenvalue weighted by molar-refractivity contribution is -0.129. The van der Waals surface area contributed by atoms with Crippen molar-refractivity contribution in [3.05, 3.63) is 41.6 Å². The average molecular weight is 323 g/mol. The molecule has 1 aliphatic carbocycles. The van der Waals surface area contributed by atoms with Gasteiger partial charge in [0.2, 0.25) is 5.91 Å². The summed E-state index contributed by atoms with van der Waals surface area (Å²) in [6.07, 6.45) is 5.45. The summed E-state index contributed by atoms with van der Waals surface area (Å²) < 4.78 is 0. The topological polar surface area (TPSA) is 48.1 Å². The first kappa shape index (κ1) is 15.5. The maximum atomic E-state index is 12.4. The van der Waals surface area contributed by atoms with E-state index in [0.29, 0.717) is 6.04 Å². The Bertz CT molecular complexity index is 840. The first-order chi connectivity index (χ1) is 11.3. The third-order valence-electron chi connectivity index (χ3n) is 5.27. The minimum atomic E-state index is -0.367. The smallest absolute Gasteiger partial charge is 0.225 e. The van der Waals surface area contributed by atoms with Crippen LogP contribution in [0.1, 0.15) is 31.9 Å². The van der Waals surface area contributed by atoms with Crippen LogP contribution >= 0.6 is 0 Å². The molecule has 1 aliphatic heterocycles. The van der Waals surface area contributed by atoms with Gasteiger partial charge in [-0.1, -0.05) is 39.0 Å². The number of hydrogen-bond acceptors (Lipinski definition) is 2. The van der Waals surface area contributed by atoms with E-state index < -0.39 is 0 Å². The molecular formula is C20H25N3O. The van der Waals surface area contributed by atoms with E-state index in [2.05, 4.69) is 52.7 Å². The Kier molecular flexibility index (Phi) is 3.36. The highest BCUT2D eigenvalue weighted by Crippen LogP contribution is 2.39. The van der Waals surface area contributed by atoms with E-state index in [1.807, 2.05) is 20.8 Å². The highest BCUT2D eigenvalue weighted by Gasteiger charge is 2.34. The molecule has 1 aromatic heterocycles. The molecule has 2 N–H and O–H groups in total. The summed E-state index contributed by atoms with van der Waals surface area (Å²) in [4.78, 5) is 18.1. The SMILES string of the molecule is CN1C[C@@H](NC(=O)C(C)(C)C)C=C2c3cccc4[nH]cc(c34)C[C@H]21. The predicted molar refractivity (Wildman–Crippen MR) is 97.8 cm³/mol. The van der Waals surface area contributed by atoms with E-state index in [0.717, 1.165) is 13.0 Å². The van der Waals surface area contributed by atoms with Crippen LogP contribution in [0, 0.1) is 5.41 Å². The number of carbonyl (C=O) groups is 1. The van der Waals surface area contributed by atoms with Gasteiger partial charge in [-0.25, -0.2) is 0 Å². The van der Waals surface area contributed by atoms with Crippen molar-refractivity contribution < 1.29 is 4.79 Å². The molecule has 126 valence electrons. The molecule has 4 nitrogen and oxygen atoms in total. The zero-order chi connectivity index (χ0) is 17.1. The van der Waals surface area contributed by atoms with Crippen LogP contribution in [0.2, 0.25) is 0 Å². The van der Waals surface area contributed by atoms with Crippen LogP contribution in [0.25, 0.3) is 16.5 Å². The molecule has 0 saturated heterocycles. The maximum absolute atomic E-state index is 12.4. The highest BCUT2D eigenvalue weighted by atomic mass is 16.2. The Labute approximate surface area is 142 Å². The second-order valence-electron chi connectivity index (χ2n) is 8.15. The van der Waals surface area contributed by atoms with E-state index in [1.165, 1.54) is 27.6 Å². The molecule has 0 spiro atoms. The van der Waals surface area contributed by atoms with Crippen molar-refractivity contribution in [3.8, 4) is 0 Å². The second-order valence-corrected chi connectivity index (χ2v) is 8.15. The number of amides is 1. The molecule has 0 saturated carbocycles. The lowest BCUT2D eigenvalue weighted by atomic mass is 9.81. The maximum Gasteiger partial charge on any atom is 0.225 e. The van der Waals surface area contributed by atoms with Gasteiger partial charge >= 0.3 is 0 Å². The molecule has 24 heavy (non-hydrogen) atoms. The molecule has 0 unspecified atom stereocenters. The molecule has 2 aromatic rings. The van der Waals surface area contributed by atoms with Gasteiger partial charge in [0.05, 0.1) is 6.04 Å². The van der Waals surface area contributed by atoms with Gasteiger partial charge < -0.3 is 10.3 Å². The fourth-order valence-corrected chi connectivity index (χ4v) is 3.93. The minimum Gasteiger partial charge on any atom is -0.361 e. The Morgan fingerprint density at radius 2 is 2.12 bits per heavy atom. The lowest BCUT2D eigenvalue weighted by Crippen LogP contribution is -2.51. The number of benzene rings is 1. The van der Waals surface area contributed by atoms with E-state index in [4.69, 9.17) is 0 Å². The van der Waals surface area contributed by atoms with Gasteiger partial charge in [0.15, 0.2) is 0 Å². The van der Waals surface area contributed by atoms with Gasteiger partial charge in [-0.15, -0.1) is 0 Å². The van der Waals surface area contributed by atoms with E-state index in [-0.39, 0.29) is 17.4 Å². The Hall–Kier alpha value is -2.07. The molecule has 4 rings (SSSR count). The second kappa shape index (κ2) is 5.21. The molecule has 1 aromatic carbocycles. The molecular weight excluding hydrogens is 298 g/mol. The summed E-state index contributed by atoms with van der Waals surface area (Å²) in [5.41, 5.74) is 4.88. The molecule has 0 bridgehead atoms. The van der Waals surface area contributed by atoms with Crippen LogP contribution in [0.4, 0.5) is 0 Å². The van der Waals surface area contributed by atoms with E-state index in [1.54, 1.807) is 0 Å². The largest absolute Gasteiger partial charge is 0.361 e. The number of nitrogens with zero attached hydrogens (tertiary/aromatic N) is 1. The van der Waals surface area contributed by atoms with E-state index >= 15 is 0 Å². The first-order valence-corrected chi connectivity index (χ1v) is 8.67. The average Bonchev–Trinajstić information content (AvgIpc) is 2.92. The summed E-state index contributed by atoms with van der Waals surface area (Å²) in [6, 6.07) is 6.90. The summed E-state index contributed by atoms with van der Waals surface area (Å²) in [7, 11) is 2.16. The first-order valence-electron chi connectivity index (χ1n) is 8.67. The van der Waals surface area contributed by atoms with Crippen molar-refractivity contribution in [2.75, 3.05) is 13.6 Å². The number of aromatic amines is 1. The predicted octanol–water partition coefficient (Wildman–Crippen LogP) is 2.95. The van der Waals surface area contributed by atoms with E-state index in [9.17, 15) is 4.79 Å². The van der Waals surface area contributed by atoms with Crippen LogP contribution in [0.3, 0.4) is 0 Å². The van der Waals surface area contributed by atoms with Gasteiger partial charge in [0.25, 0.3) is 0 Å². The molecule has 2 aliphatic rings. The molecule has 2 heterocycles. The van der Waals surface area contributed by atoms with Crippen molar-refractivity contribution in [3.63, 3.8) is 0 Å². The fraction of sp³-hybridized carbons (Fsp3) is 0.450. The van der Waals surface area contributed by atoms with Gasteiger partial charge in [0, 0.05) is 35.1 Å². The molecule has 0 fully saturated rings. The number of likely N-dealkylation sites (N-methyl/N-ethyl adjacent to an activating group) is 1. The Morgan fingerprint density at radius 3 is 2.88 bits per heavy atom. The number of fused-ring (bicyclic) bond motifs is 2. The Balaban J connectivity index is 1.75.